The number of halogens is 1. The number of carbonyl (C=O) groups excluding carboxylic acids is 2. The normalized spacial score (nSPS) is 16.3. The Balaban J connectivity index is 1.27. The van der Waals surface area contributed by atoms with Crippen molar-refractivity contribution in [1.29, 1.82) is 0 Å². The van der Waals surface area contributed by atoms with Crippen molar-refractivity contribution >= 4 is 39.9 Å². The highest BCUT2D eigenvalue weighted by molar-refractivity contribution is 6.14. The average Bonchev–Trinajstić information content (AvgIpc) is 3.48. The van der Waals surface area contributed by atoms with Crippen LogP contribution in [0.1, 0.15) is 54.4 Å². The van der Waals surface area contributed by atoms with Gasteiger partial charge in [-0.25, -0.2) is 9.37 Å². The van der Waals surface area contributed by atoms with E-state index in [2.05, 4.69) is 35.9 Å². The zero-order valence-electron chi connectivity index (χ0n) is 22.3. The van der Waals surface area contributed by atoms with E-state index in [1.807, 2.05) is 13.1 Å². The molecule has 1 aliphatic heterocycles. The third kappa shape index (κ3) is 5.16. The minimum atomic E-state index is -0.633. The lowest BCUT2D eigenvalue weighted by Crippen LogP contribution is -2.43. The number of aryl methyl sites for hydroxylation is 2. The second-order valence-corrected chi connectivity index (χ2v) is 10.6. The molecule has 204 valence electrons. The first-order chi connectivity index (χ1) is 18.7. The lowest BCUT2D eigenvalue weighted by molar-refractivity contribution is -0.119. The molecule has 0 radical (unpaired) electrons. The van der Waals surface area contributed by atoms with E-state index in [4.69, 9.17) is 0 Å². The van der Waals surface area contributed by atoms with Crippen LogP contribution in [-0.2, 0) is 18.4 Å². The van der Waals surface area contributed by atoms with Crippen molar-refractivity contribution in [2.75, 3.05) is 23.3 Å². The maximum atomic E-state index is 15.6. The van der Waals surface area contributed by atoms with E-state index >= 15 is 4.39 Å². The van der Waals surface area contributed by atoms with Gasteiger partial charge in [0, 0.05) is 56.9 Å². The van der Waals surface area contributed by atoms with Crippen LogP contribution in [-0.4, -0.2) is 61.1 Å². The molecule has 39 heavy (non-hydrogen) atoms. The minimum absolute atomic E-state index is 0.121. The molecular weight excluding hydrogens is 501 g/mol. The number of hydrogen-bond acceptors (Lipinski definition) is 7. The first-order valence-electron chi connectivity index (χ1n) is 13.3. The van der Waals surface area contributed by atoms with Crippen molar-refractivity contribution in [2.45, 2.75) is 58.2 Å². The minimum Gasteiger partial charge on any atom is -0.371 e. The molecule has 0 spiro atoms. The van der Waals surface area contributed by atoms with Crippen molar-refractivity contribution in [2.24, 2.45) is 7.05 Å². The maximum absolute atomic E-state index is 15.6. The summed E-state index contributed by atoms with van der Waals surface area (Å²) < 4.78 is 19.0. The summed E-state index contributed by atoms with van der Waals surface area (Å²) in [6.45, 7) is 5.08. The summed E-state index contributed by atoms with van der Waals surface area (Å²) in [6.07, 6.45) is 9.75. The highest BCUT2D eigenvalue weighted by Crippen LogP contribution is 2.33. The Morgan fingerprint density at radius 2 is 1.82 bits per heavy atom. The monoisotopic (exact) mass is 533 g/mol. The zero-order chi connectivity index (χ0) is 27.3. The van der Waals surface area contributed by atoms with Crippen molar-refractivity contribution in [1.82, 2.24) is 34.8 Å². The van der Waals surface area contributed by atoms with Crippen molar-refractivity contribution in [3.63, 3.8) is 0 Å². The number of anilines is 2. The van der Waals surface area contributed by atoms with Crippen LogP contribution in [0.5, 0.6) is 0 Å². The van der Waals surface area contributed by atoms with Crippen LogP contribution < -0.4 is 20.9 Å². The van der Waals surface area contributed by atoms with Gasteiger partial charge >= 0.3 is 0 Å². The van der Waals surface area contributed by atoms with E-state index in [0.29, 0.717) is 28.9 Å². The summed E-state index contributed by atoms with van der Waals surface area (Å²) in [4.78, 5) is 35.9. The average molecular weight is 534 g/mol. The molecule has 4 heterocycles. The van der Waals surface area contributed by atoms with Crippen LogP contribution in [0, 0.1) is 12.7 Å². The van der Waals surface area contributed by atoms with Gasteiger partial charge in [0.1, 0.15) is 22.6 Å². The summed E-state index contributed by atoms with van der Waals surface area (Å²) in [7, 11) is 1.77. The molecule has 2 amide bonds. The maximum Gasteiger partial charge on any atom is 0.262 e. The largest absolute Gasteiger partial charge is 0.371 e. The Kier molecular flexibility index (Phi) is 6.42. The Morgan fingerprint density at radius 3 is 2.54 bits per heavy atom. The van der Waals surface area contributed by atoms with E-state index in [-0.39, 0.29) is 23.8 Å². The number of amides is 2. The Labute approximate surface area is 224 Å². The van der Waals surface area contributed by atoms with Gasteiger partial charge in [-0.2, -0.15) is 5.10 Å². The third-order valence-corrected chi connectivity index (χ3v) is 7.33. The quantitative estimate of drug-likeness (QED) is 0.334. The number of piperidine rings is 1. The number of aromatic nitrogens is 5. The summed E-state index contributed by atoms with van der Waals surface area (Å²) in [5.41, 5.74) is 2.73. The molecule has 11 nitrogen and oxygen atoms in total. The highest BCUT2D eigenvalue weighted by atomic mass is 19.1. The number of imidazole rings is 1. The first-order valence-corrected chi connectivity index (χ1v) is 13.3. The van der Waals surface area contributed by atoms with Gasteiger partial charge in [-0.15, -0.1) is 0 Å². The number of carbonyl (C=O) groups is 2. The lowest BCUT2D eigenvalue weighted by atomic mass is 10.0. The predicted molar refractivity (Wildman–Crippen MR) is 145 cm³/mol. The molecule has 1 saturated heterocycles. The lowest BCUT2D eigenvalue weighted by Gasteiger charge is -2.34. The molecule has 4 aromatic rings. The standard InChI is InChI=1S/C27H32FN9O2/c1-15-12-37-14-23(32-26(37)21(30-15)11-29-16(2)38)33-27(39)24-20(28)10-22(19-13-35(3)34-25(19)24)36-8-6-18(7-9-36)31-17-4-5-17/h10,12-14,17-18,31H,4-9,11H2,1-3H3,(H,29,38)(H,33,39). The summed E-state index contributed by atoms with van der Waals surface area (Å²) in [6, 6.07) is 2.62. The Hall–Kier alpha value is -4.06. The fourth-order valence-corrected chi connectivity index (χ4v) is 5.36. The zero-order valence-corrected chi connectivity index (χ0v) is 22.3. The van der Waals surface area contributed by atoms with Gasteiger partial charge in [-0.1, -0.05) is 0 Å². The van der Waals surface area contributed by atoms with E-state index in [1.165, 1.54) is 25.8 Å². The first kappa shape index (κ1) is 25.2. The van der Waals surface area contributed by atoms with Crippen molar-refractivity contribution < 1.29 is 14.0 Å². The summed E-state index contributed by atoms with van der Waals surface area (Å²) >= 11 is 0. The van der Waals surface area contributed by atoms with E-state index in [1.54, 1.807) is 28.5 Å². The fraction of sp³-hybridized carbons (Fsp3) is 0.444. The van der Waals surface area contributed by atoms with Gasteiger partial charge in [0.25, 0.3) is 5.91 Å². The van der Waals surface area contributed by atoms with E-state index in [9.17, 15) is 9.59 Å². The van der Waals surface area contributed by atoms with Gasteiger partial charge in [0.05, 0.1) is 24.1 Å². The molecule has 6 rings (SSSR count). The predicted octanol–water partition coefficient (Wildman–Crippen LogP) is 2.67. The molecular formula is C27H32FN9O2. The van der Waals surface area contributed by atoms with Gasteiger partial charge in [-0.05, 0) is 38.7 Å². The topological polar surface area (TPSA) is 121 Å². The Morgan fingerprint density at radius 1 is 1.08 bits per heavy atom. The molecule has 12 heteroatoms. The fourth-order valence-electron chi connectivity index (χ4n) is 5.36. The number of nitrogens with one attached hydrogen (secondary N) is 3. The van der Waals surface area contributed by atoms with Crippen molar-refractivity contribution in [3.05, 3.63) is 47.4 Å². The van der Waals surface area contributed by atoms with Gasteiger partial charge in [-0.3, -0.25) is 19.3 Å². The van der Waals surface area contributed by atoms with Gasteiger partial charge < -0.3 is 25.3 Å². The number of fused-ring (bicyclic) bond motifs is 2. The molecule has 0 bridgehead atoms. The van der Waals surface area contributed by atoms with Crippen LogP contribution in [0.25, 0.3) is 16.6 Å². The number of rotatable bonds is 7. The number of benzene rings is 1. The summed E-state index contributed by atoms with van der Waals surface area (Å²) in [5, 5.41) is 14.4. The molecule has 2 fully saturated rings. The molecule has 0 unspecified atom stereocenters. The van der Waals surface area contributed by atoms with Gasteiger partial charge in [0.2, 0.25) is 5.91 Å². The number of hydrogen-bond donors (Lipinski definition) is 3. The van der Waals surface area contributed by atoms with Crippen molar-refractivity contribution in [3.8, 4) is 0 Å². The van der Waals surface area contributed by atoms with Crippen LogP contribution in [0.15, 0.2) is 24.7 Å². The molecule has 3 N–H and O–H groups in total. The molecule has 1 aromatic carbocycles. The van der Waals surface area contributed by atoms with Crippen LogP contribution >= 0.6 is 0 Å². The molecule has 0 atom stereocenters. The smallest absolute Gasteiger partial charge is 0.262 e. The second kappa shape index (κ2) is 9.92. The van der Waals surface area contributed by atoms with E-state index in [0.717, 1.165) is 42.7 Å². The van der Waals surface area contributed by atoms with Crippen LogP contribution in [0.4, 0.5) is 15.9 Å². The van der Waals surface area contributed by atoms with E-state index < -0.39 is 11.7 Å². The highest BCUT2D eigenvalue weighted by Gasteiger charge is 2.29. The van der Waals surface area contributed by atoms with Crippen LogP contribution in [0.3, 0.4) is 0 Å². The molecule has 2 aliphatic rings. The summed E-state index contributed by atoms with van der Waals surface area (Å²) in [5.74, 6) is -1.20. The van der Waals surface area contributed by atoms with Gasteiger partial charge in [0.15, 0.2) is 11.5 Å². The number of nitrogens with zero attached hydrogens (tertiary/aromatic N) is 6. The molecule has 1 aliphatic carbocycles. The second-order valence-electron chi connectivity index (χ2n) is 10.6. The molecule has 1 saturated carbocycles. The Bertz CT molecular complexity index is 1580. The van der Waals surface area contributed by atoms with Crippen LogP contribution in [0.2, 0.25) is 0 Å². The molecule has 3 aromatic heterocycles. The third-order valence-electron chi connectivity index (χ3n) is 7.33. The SMILES string of the molecule is CC(=O)NCc1nc(C)cn2cc(NC(=O)c3c(F)cc(N4CCC(NC5CC5)CC4)c4cn(C)nc34)nc12.